The minimum absolute atomic E-state index is 0.216. The number of carbonyl (C=O) groups is 2. The fourth-order valence-electron chi connectivity index (χ4n) is 4.02. The molecule has 1 atom stereocenters. The van der Waals surface area contributed by atoms with Gasteiger partial charge in [-0.3, -0.25) is 9.59 Å². The van der Waals surface area contributed by atoms with Crippen LogP contribution in [0.4, 0.5) is 5.69 Å². The van der Waals surface area contributed by atoms with Gasteiger partial charge >= 0.3 is 0 Å². The first kappa shape index (κ1) is 20.5. The Bertz CT molecular complexity index is 1020. The maximum atomic E-state index is 12.9. The van der Waals surface area contributed by atoms with Crippen molar-refractivity contribution in [2.24, 2.45) is 0 Å². The van der Waals surface area contributed by atoms with E-state index < -0.39 is 6.04 Å². The Morgan fingerprint density at radius 1 is 1.10 bits per heavy atom. The topological polar surface area (TPSA) is 74.0 Å². The normalized spacial score (nSPS) is 15.2. The van der Waals surface area contributed by atoms with Gasteiger partial charge in [0.2, 0.25) is 11.8 Å². The molecule has 1 unspecified atom stereocenters. The Kier molecular flexibility index (Phi) is 6.43. The number of hydrogen-bond donors (Lipinski definition) is 3. The molecule has 3 aromatic rings. The lowest BCUT2D eigenvalue weighted by atomic mass is 10.0. The number of amides is 2. The molecule has 3 N–H and O–H groups in total. The Morgan fingerprint density at radius 3 is 2.57 bits per heavy atom. The lowest BCUT2D eigenvalue weighted by Gasteiger charge is -2.18. The number of nitrogens with one attached hydrogen (secondary N) is 3. The van der Waals surface area contributed by atoms with Crippen molar-refractivity contribution in [3.05, 3.63) is 60.3 Å². The van der Waals surface area contributed by atoms with Crippen LogP contribution in [0.5, 0.6) is 0 Å². The largest absolute Gasteiger partial charge is 0.361 e. The first-order valence-corrected chi connectivity index (χ1v) is 11.4. The molecule has 2 amide bonds. The number of hydrogen-bond acceptors (Lipinski definition) is 3. The van der Waals surface area contributed by atoms with Crippen LogP contribution in [0.1, 0.15) is 38.2 Å². The van der Waals surface area contributed by atoms with Gasteiger partial charge in [-0.05, 0) is 48.7 Å². The minimum Gasteiger partial charge on any atom is -0.361 e. The zero-order valence-corrected chi connectivity index (χ0v) is 17.9. The summed E-state index contributed by atoms with van der Waals surface area (Å²) in [5.74, 6) is -0.440. The number of rotatable bonds is 7. The number of para-hydroxylation sites is 1. The summed E-state index contributed by atoms with van der Waals surface area (Å²) in [6, 6.07) is 15.3. The summed E-state index contributed by atoms with van der Waals surface area (Å²) in [6.07, 6.45) is 7.55. The van der Waals surface area contributed by atoms with Crippen LogP contribution >= 0.6 is 11.8 Å². The highest BCUT2D eigenvalue weighted by atomic mass is 32.2. The molecular weight excluding hydrogens is 394 g/mol. The van der Waals surface area contributed by atoms with E-state index in [1.165, 1.54) is 37.5 Å². The van der Waals surface area contributed by atoms with Crippen molar-refractivity contribution in [2.45, 2.75) is 55.2 Å². The number of benzene rings is 2. The van der Waals surface area contributed by atoms with E-state index in [0.717, 1.165) is 22.2 Å². The van der Waals surface area contributed by atoms with Crippen molar-refractivity contribution < 1.29 is 9.59 Å². The Morgan fingerprint density at radius 2 is 1.83 bits per heavy atom. The van der Waals surface area contributed by atoms with Crippen molar-refractivity contribution in [1.29, 1.82) is 0 Å². The van der Waals surface area contributed by atoms with Gasteiger partial charge in [-0.2, -0.15) is 0 Å². The molecule has 0 radical (unpaired) electrons. The van der Waals surface area contributed by atoms with Gasteiger partial charge in [-0.1, -0.05) is 31.0 Å². The lowest BCUT2D eigenvalue weighted by Crippen LogP contribution is -2.44. The molecule has 0 aliphatic heterocycles. The number of aromatic nitrogens is 1. The molecule has 5 nitrogen and oxygen atoms in total. The first-order valence-electron chi connectivity index (χ1n) is 10.5. The highest BCUT2D eigenvalue weighted by Crippen LogP contribution is 2.35. The van der Waals surface area contributed by atoms with Gasteiger partial charge in [0.05, 0.1) is 0 Å². The highest BCUT2D eigenvalue weighted by molar-refractivity contribution is 8.00. The third-order valence-electron chi connectivity index (χ3n) is 5.52. The number of H-pyrrole nitrogens is 1. The van der Waals surface area contributed by atoms with Gasteiger partial charge in [-0.15, -0.1) is 11.8 Å². The van der Waals surface area contributed by atoms with Crippen LogP contribution in [0.3, 0.4) is 0 Å². The molecule has 1 aliphatic carbocycles. The maximum absolute atomic E-state index is 12.9. The standard InChI is InChI=1S/C24H27N3O2S/c1-16(28)26-23(14-17-15-25-22-9-5-4-8-21(17)22)24(29)27-18-10-12-20(13-11-18)30-19-6-2-3-7-19/h4-5,8-13,15,19,23,25H,2-3,6-7,14H2,1H3,(H,26,28)(H,27,29). The molecule has 2 aromatic carbocycles. The molecule has 0 spiro atoms. The molecule has 6 heteroatoms. The van der Waals surface area contributed by atoms with E-state index in [-0.39, 0.29) is 11.8 Å². The zero-order chi connectivity index (χ0) is 20.9. The Labute approximate surface area is 181 Å². The maximum Gasteiger partial charge on any atom is 0.247 e. The molecule has 1 aliphatic rings. The van der Waals surface area contributed by atoms with Crippen molar-refractivity contribution in [1.82, 2.24) is 10.3 Å². The molecule has 156 valence electrons. The van der Waals surface area contributed by atoms with E-state index in [1.54, 1.807) is 0 Å². The van der Waals surface area contributed by atoms with E-state index in [0.29, 0.717) is 11.7 Å². The van der Waals surface area contributed by atoms with E-state index >= 15 is 0 Å². The molecule has 1 heterocycles. The van der Waals surface area contributed by atoms with Crippen molar-refractivity contribution >= 4 is 40.2 Å². The number of anilines is 1. The van der Waals surface area contributed by atoms with Crippen molar-refractivity contribution in [3.63, 3.8) is 0 Å². The van der Waals surface area contributed by atoms with E-state index in [2.05, 4.69) is 27.8 Å². The summed E-state index contributed by atoms with van der Waals surface area (Å²) in [6.45, 7) is 1.44. The van der Waals surface area contributed by atoms with E-state index in [4.69, 9.17) is 0 Å². The quantitative estimate of drug-likeness (QED) is 0.509. The summed E-state index contributed by atoms with van der Waals surface area (Å²) < 4.78 is 0. The number of aromatic amines is 1. The third-order valence-corrected chi connectivity index (χ3v) is 6.87. The van der Waals surface area contributed by atoms with Crippen LogP contribution in [-0.4, -0.2) is 28.1 Å². The SMILES string of the molecule is CC(=O)NC(Cc1c[nH]c2ccccc12)C(=O)Nc1ccc(SC2CCCC2)cc1. The van der Waals surface area contributed by atoms with Crippen LogP contribution in [0.15, 0.2) is 59.6 Å². The second-order valence-electron chi connectivity index (χ2n) is 7.85. The molecule has 1 fully saturated rings. The van der Waals surface area contributed by atoms with Gasteiger partial charge in [0.15, 0.2) is 0 Å². The molecule has 4 rings (SSSR count). The minimum atomic E-state index is -0.644. The molecule has 0 bridgehead atoms. The summed E-state index contributed by atoms with van der Waals surface area (Å²) >= 11 is 1.92. The summed E-state index contributed by atoms with van der Waals surface area (Å²) in [5.41, 5.74) is 2.76. The predicted octanol–water partition coefficient (Wildman–Crippen LogP) is 4.89. The summed E-state index contributed by atoms with van der Waals surface area (Å²) in [7, 11) is 0. The van der Waals surface area contributed by atoms with Crippen LogP contribution in [0.2, 0.25) is 0 Å². The zero-order valence-electron chi connectivity index (χ0n) is 17.1. The fourth-order valence-corrected chi connectivity index (χ4v) is 5.27. The summed E-state index contributed by atoms with van der Waals surface area (Å²) in [4.78, 5) is 29.1. The van der Waals surface area contributed by atoms with Crippen LogP contribution in [-0.2, 0) is 16.0 Å². The Balaban J connectivity index is 1.43. The second kappa shape index (κ2) is 9.39. The van der Waals surface area contributed by atoms with E-state index in [1.807, 2.05) is 54.4 Å². The lowest BCUT2D eigenvalue weighted by molar-refractivity contribution is -0.125. The molecule has 1 aromatic heterocycles. The Hall–Kier alpha value is -2.73. The number of thioether (sulfide) groups is 1. The molecule has 1 saturated carbocycles. The smallest absolute Gasteiger partial charge is 0.247 e. The van der Waals surface area contributed by atoms with Gasteiger partial charge in [0.1, 0.15) is 6.04 Å². The van der Waals surface area contributed by atoms with Gasteiger partial charge < -0.3 is 15.6 Å². The van der Waals surface area contributed by atoms with Gasteiger partial charge in [0, 0.05) is 46.3 Å². The molecule has 30 heavy (non-hydrogen) atoms. The average Bonchev–Trinajstić information content (AvgIpc) is 3.39. The van der Waals surface area contributed by atoms with E-state index in [9.17, 15) is 9.59 Å². The van der Waals surface area contributed by atoms with Crippen LogP contribution in [0.25, 0.3) is 10.9 Å². The number of fused-ring (bicyclic) bond motifs is 1. The fraction of sp³-hybridized carbons (Fsp3) is 0.333. The second-order valence-corrected chi connectivity index (χ2v) is 9.23. The molecular formula is C24H27N3O2S. The van der Waals surface area contributed by atoms with Gasteiger partial charge in [0.25, 0.3) is 0 Å². The third kappa shape index (κ3) is 5.05. The van der Waals surface area contributed by atoms with Crippen LogP contribution in [0, 0.1) is 0 Å². The summed E-state index contributed by atoms with van der Waals surface area (Å²) in [5, 5.41) is 7.53. The van der Waals surface area contributed by atoms with Crippen LogP contribution < -0.4 is 10.6 Å². The van der Waals surface area contributed by atoms with Gasteiger partial charge in [-0.25, -0.2) is 0 Å². The van der Waals surface area contributed by atoms with Crippen molar-refractivity contribution in [3.8, 4) is 0 Å². The monoisotopic (exact) mass is 421 g/mol. The average molecular weight is 422 g/mol. The predicted molar refractivity (Wildman–Crippen MR) is 123 cm³/mol. The van der Waals surface area contributed by atoms with Crippen molar-refractivity contribution in [2.75, 3.05) is 5.32 Å². The number of carbonyl (C=O) groups excluding carboxylic acids is 2. The molecule has 0 saturated heterocycles. The first-order chi connectivity index (χ1) is 14.6. The highest BCUT2D eigenvalue weighted by Gasteiger charge is 2.22.